The van der Waals surface area contributed by atoms with Crippen molar-refractivity contribution < 1.29 is 14.3 Å². The topological polar surface area (TPSA) is 50.8 Å². The predicted molar refractivity (Wildman–Crippen MR) is 111 cm³/mol. The van der Waals surface area contributed by atoms with Crippen molar-refractivity contribution in [3.8, 4) is 11.5 Å². The van der Waals surface area contributed by atoms with Crippen molar-refractivity contribution in [2.75, 3.05) is 26.3 Å². The third kappa shape index (κ3) is 5.49. The van der Waals surface area contributed by atoms with Gasteiger partial charge in [0, 0.05) is 31.2 Å². The number of likely N-dealkylation sites (tertiary alicyclic amines) is 1. The van der Waals surface area contributed by atoms with Crippen LogP contribution in [0.4, 0.5) is 0 Å². The van der Waals surface area contributed by atoms with Crippen molar-refractivity contribution in [2.24, 2.45) is 0 Å². The minimum Gasteiger partial charge on any atom is -0.490 e. The number of carbonyl (C=O) groups is 1. The van der Waals surface area contributed by atoms with Crippen LogP contribution in [0.15, 0.2) is 48.5 Å². The Bertz CT molecular complexity index is 764. The van der Waals surface area contributed by atoms with Gasteiger partial charge in [-0.05, 0) is 43.5 Å². The number of carbonyl (C=O) groups excluding carboxylic acids is 1. The van der Waals surface area contributed by atoms with Crippen LogP contribution >= 0.6 is 0 Å². The molecule has 0 aromatic heterocycles. The summed E-state index contributed by atoms with van der Waals surface area (Å²) in [6, 6.07) is 16.0. The summed E-state index contributed by atoms with van der Waals surface area (Å²) in [5, 5.41) is 3.17. The highest BCUT2D eigenvalue weighted by atomic mass is 16.5. The van der Waals surface area contributed by atoms with Crippen LogP contribution in [0.5, 0.6) is 11.5 Å². The number of benzene rings is 2. The molecule has 1 atom stereocenters. The van der Waals surface area contributed by atoms with E-state index in [1.807, 2.05) is 19.1 Å². The third-order valence-corrected chi connectivity index (χ3v) is 4.82. The van der Waals surface area contributed by atoms with E-state index in [1.54, 1.807) is 12.1 Å². The molecule has 0 saturated carbocycles. The van der Waals surface area contributed by atoms with E-state index in [2.05, 4.69) is 41.4 Å². The molecular weight excluding hydrogens is 352 g/mol. The molecule has 1 N–H and O–H groups in total. The van der Waals surface area contributed by atoms with Crippen LogP contribution in [0.2, 0.25) is 0 Å². The van der Waals surface area contributed by atoms with E-state index < -0.39 is 0 Å². The number of hydrogen-bond acceptors (Lipinski definition) is 4. The fourth-order valence-electron chi connectivity index (χ4n) is 3.45. The Morgan fingerprint density at radius 3 is 2.68 bits per heavy atom. The van der Waals surface area contributed by atoms with Crippen molar-refractivity contribution in [3.05, 3.63) is 59.7 Å². The van der Waals surface area contributed by atoms with Gasteiger partial charge in [0.25, 0.3) is 5.91 Å². The first kappa shape index (κ1) is 20.2. The van der Waals surface area contributed by atoms with Gasteiger partial charge in [-0.2, -0.15) is 0 Å². The summed E-state index contributed by atoms with van der Waals surface area (Å²) in [5.41, 5.74) is 1.91. The summed E-state index contributed by atoms with van der Waals surface area (Å²) in [6.45, 7) is 7.94. The lowest BCUT2D eigenvalue weighted by Crippen LogP contribution is -2.37. The van der Waals surface area contributed by atoms with E-state index in [-0.39, 0.29) is 11.9 Å². The van der Waals surface area contributed by atoms with E-state index in [9.17, 15) is 4.79 Å². The molecule has 0 spiro atoms. The van der Waals surface area contributed by atoms with Crippen LogP contribution < -0.4 is 14.8 Å². The number of rotatable bonds is 9. The van der Waals surface area contributed by atoms with Gasteiger partial charge in [-0.15, -0.1) is 0 Å². The average Bonchev–Trinajstić information content (AvgIpc) is 3.14. The fourth-order valence-corrected chi connectivity index (χ4v) is 3.45. The molecule has 2 aromatic rings. The van der Waals surface area contributed by atoms with Crippen LogP contribution in [0, 0.1) is 0 Å². The number of nitrogens with one attached hydrogen (secondary N) is 1. The zero-order valence-electron chi connectivity index (χ0n) is 16.8. The highest BCUT2D eigenvalue weighted by Crippen LogP contribution is 2.29. The maximum Gasteiger partial charge on any atom is 0.251 e. The Balaban J connectivity index is 1.57. The monoisotopic (exact) mass is 382 g/mol. The maximum atomic E-state index is 12.7. The molecule has 1 unspecified atom stereocenters. The summed E-state index contributed by atoms with van der Waals surface area (Å²) in [4.78, 5) is 15.1. The smallest absolute Gasteiger partial charge is 0.251 e. The van der Waals surface area contributed by atoms with Crippen molar-refractivity contribution in [2.45, 2.75) is 39.3 Å². The van der Waals surface area contributed by atoms with Crippen molar-refractivity contribution in [1.29, 1.82) is 0 Å². The molecule has 5 nitrogen and oxygen atoms in total. The lowest BCUT2D eigenvalue weighted by atomic mass is 10.1. The highest BCUT2D eigenvalue weighted by molar-refractivity contribution is 5.95. The molecule has 1 aliphatic rings. The molecule has 1 heterocycles. The molecule has 0 radical (unpaired) electrons. The Kier molecular flexibility index (Phi) is 7.31. The van der Waals surface area contributed by atoms with E-state index in [0.717, 1.165) is 32.5 Å². The average molecular weight is 383 g/mol. The third-order valence-electron chi connectivity index (χ3n) is 4.82. The van der Waals surface area contributed by atoms with Gasteiger partial charge in [0.15, 0.2) is 11.5 Å². The van der Waals surface area contributed by atoms with Crippen molar-refractivity contribution in [1.82, 2.24) is 10.2 Å². The van der Waals surface area contributed by atoms with Gasteiger partial charge in [-0.25, -0.2) is 0 Å². The summed E-state index contributed by atoms with van der Waals surface area (Å²) >= 11 is 0. The summed E-state index contributed by atoms with van der Waals surface area (Å²) < 4.78 is 11.4. The van der Waals surface area contributed by atoms with Crippen molar-refractivity contribution >= 4 is 5.91 Å². The van der Waals surface area contributed by atoms with E-state index in [4.69, 9.17) is 9.47 Å². The summed E-state index contributed by atoms with van der Waals surface area (Å²) in [6.07, 6.45) is 1.89. The number of nitrogens with zero attached hydrogens (tertiary/aromatic N) is 1. The first-order valence-electron chi connectivity index (χ1n) is 10.2. The Hall–Kier alpha value is -2.53. The lowest BCUT2D eigenvalue weighted by molar-refractivity contribution is 0.0937. The Morgan fingerprint density at radius 2 is 1.93 bits per heavy atom. The predicted octanol–water partition coefficient (Wildman–Crippen LogP) is 3.88. The number of amides is 1. The van der Waals surface area contributed by atoms with Gasteiger partial charge in [0.2, 0.25) is 0 Å². The first-order valence-corrected chi connectivity index (χ1v) is 10.2. The van der Waals surface area contributed by atoms with E-state index in [0.29, 0.717) is 30.3 Å². The molecule has 5 heteroatoms. The summed E-state index contributed by atoms with van der Waals surface area (Å²) in [5.74, 6) is 1.26. The van der Waals surface area contributed by atoms with Gasteiger partial charge in [-0.1, -0.05) is 37.3 Å². The van der Waals surface area contributed by atoms with Crippen LogP contribution in [0.3, 0.4) is 0 Å². The lowest BCUT2D eigenvalue weighted by Gasteiger charge is -2.17. The molecule has 1 saturated heterocycles. The van der Waals surface area contributed by atoms with E-state index in [1.165, 1.54) is 5.56 Å². The Morgan fingerprint density at radius 1 is 1.11 bits per heavy atom. The second-order valence-corrected chi connectivity index (χ2v) is 7.12. The van der Waals surface area contributed by atoms with Gasteiger partial charge in [0.05, 0.1) is 13.2 Å². The molecule has 0 bridgehead atoms. The molecule has 2 aromatic carbocycles. The quantitative estimate of drug-likeness (QED) is 0.715. The summed E-state index contributed by atoms with van der Waals surface area (Å²) in [7, 11) is 0. The Labute approximate surface area is 167 Å². The molecule has 0 aliphatic carbocycles. The standard InChI is InChI=1S/C23H30N2O3/c1-3-14-28-21-11-10-19(15-22(21)27-4-2)23(26)24-20-12-13-25(17-20)16-18-8-6-5-7-9-18/h5-11,15,20H,3-4,12-14,16-17H2,1-2H3,(H,24,26). The second-order valence-electron chi connectivity index (χ2n) is 7.12. The van der Waals surface area contributed by atoms with Gasteiger partial charge in [-0.3, -0.25) is 9.69 Å². The highest BCUT2D eigenvalue weighted by Gasteiger charge is 2.24. The molecule has 1 fully saturated rings. The zero-order chi connectivity index (χ0) is 19.8. The molecule has 3 rings (SSSR count). The number of hydrogen-bond donors (Lipinski definition) is 1. The van der Waals surface area contributed by atoms with Gasteiger partial charge in [0.1, 0.15) is 0 Å². The van der Waals surface area contributed by atoms with Crippen LogP contribution in [0.25, 0.3) is 0 Å². The first-order chi connectivity index (χ1) is 13.7. The zero-order valence-corrected chi connectivity index (χ0v) is 16.8. The van der Waals surface area contributed by atoms with Crippen LogP contribution in [-0.4, -0.2) is 43.2 Å². The molecule has 28 heavy (non-hydrogen) atoms. The fraction of sp³-hybridized carbons (Fsp3) is 0.435. The second kappa shape index (κ2) is 10.1. The van der Waals surface area contributed by atoms with Gasteiger partial charge >= 0.3 is 0 Å². The van der Waals surface area contributed by atoms with Crippen LogP contribution in [-0.2, 0) is 6.54 Å². The molecule has 1 amide bonds. The van der Waals surface area contributed by atoms with Gasteiger partial charge < -0.3 is 14.8 Å². The van der Waals surface area contributed by atoms with Crippen molar-refractivity contribution in [3.63, 3.8) is 0 Å². The molecule has 1 aliphatic heterocycles. The molecule has 150 valence electrons. The normalized spacial score (nSPS) is 16.7. The van der Waals surface area contributed by atoms with E-state index >= 15 is 0 Å². The largest absolute Gasteiger partial charge is 0.490 e. The number of ether oxygens (including phenoxy) is 2. The maximum absolute atomic E-state index is 12.7. The van der Waals surface area contributed by atoms with Crippen LogP contribution in [0.1, 0.15) is 42.6 Å². The SMILES string of the molecule is CCCOc1ccc(C(=O)NC2CCN(Cc3ccccc3)C2)cc1OCC. The minimum absolute atomic E-state index is 0.0606. The minimum atomic E-state index is -0.0606. The molecular formula is C23H30N2O3.